The highest BCUT2D eigenvalue weighted by molar-refractivity contribution is 6.32. The number of Topliss-reactive ketones (excluding diaryl/α,β-unsaturated/α-hetero) is 2. The lowest BCUT2D eigenvalue weighted by Crippen LogP contribution is -2.64. The number of ketones is 2. The Kier molecular flexibility index (Phi) is 26.3. The van der Waals surface area contributed by atoms with Gasteiger partial charge < -0.3 is 121 Å². The van der Waals surface area contributed by atoms with E-state index in [4.69, 9.17) is 66.8 Å². The summed E-state index contributed by atoms with van der Waals surface area (Å²) >= 11 is 14.4. The largest absolute Gasteiger partial charge is 0.508 e. The highest BCUT2D eigenvalue weighted by Gasteiger charge is 2.51. The maximum Gasteiger partial charge on any atom is 0.410 e. The van der Waals surface area contributed by atoms with Crippen LogP contribution in [-0.4, -0.2) is 213 Å². The molecule has 5 aromatic rings. The predicted molar refractivity (Wildman–Crippen MR) is 402 cm³/mol. The molecule has 0 spiro atoms. The fourth-order valence-corrected chi connectivity index (χ4v) is 14.6. The molecule has 2 fully saturated rings. The number of aliphatic hydroxyl groups is 6. The third kappa shape index (κ3) is 19.9. The molecule has 35 nitrogen and oxygen atoms in total. The minimum atomic E-state index is -2.33. The summed E-state index contributed by atoms with van der Waals surface area (Å²) in [5.41, 5.74) is -0.720. The monoisotopic (exact) mass is 1650 g/mol. The van der Waals surface area contributed by atoms with Gasteiger partial charge in [-0.1, -0.05) is 55.2 Å². The molecule has 622 valence electrons. The summed E-state index contributed by atoms with van der Waals surface area (Å²) in [6.45, 7) is 14.8. The number of fused-ring (bicyclic) bond motifs is 15. The average Bonchev–Trinajstić information content (AvgIpc) is 0.763. The van der Waals surface area contributed by atoms with E-state index in [0.717, 1.165) is 71.6 Å². The fourth-order valence-electron chi connectivity index (χ4n) is 14.2. The van der Waals surface area contributed by atoms with Gasteiger partial charge in [-0.15, -0.1) is 0 Å². The Balaban J connectivity index is 1.24. The molecule has 7 amide bonds. The molecule has 7 heterocycles. The maximum atomic E-state index is 16.5. The number of carboxylic acids is 1. The van der Waals surface area contributed by atoms with E-state index in [1.807, 2.05) is 0 Å². The number of carbonyl (C=O) groups is 10. The molecule has 0 aromatic heterocycles. The van der Waals surface area contributed by atoms with Crippen molar-refractivity contribution in [2.75, 3.05) is 13.7 Å². The van der Waals surface area contributed by atoms with Crippen LogP contribution in [0.5, 0.6) is 46.0 Å². The second-order valence-corrected chi connectivity index (χ2v) is 32.4. The van der Waals surface area contributed by atoms with Gasteiger partial charge in [0, 0.05) is 55.5 Å². The molecule has 11 bridgehead atoms. The van der Waals surface area contributed by atoms with Crippen molar-refractivity contribution in [2.24, 2.45) is 17.6 Å². The summed E-state index contributed by atoms with van der Waals surface area (Å²) in [5, 5.41) is 126. The molecule has 37 heteroatoms. The number of nitrogens with two attached hydrogens (primary N) is 1. The summed E-state index contributed by atoms with van der Waals surface area (Å²) in [6.07, 6.45) is -24.5. The number of hydrogen-bond donors (Lipinski definition) is 16. The minimum Gasteiger partial charge on any atom is -0.508 e. The Morgan fingerprint density at radius 1 is 0.713 bits per heavy atom. The second kappa shape index (κ2) is 34.7. The number of phenolic OH excluding ortho intramolecular Hbond substituents is 3. The summed E-state index contributed by atoms with van der Waals surface area (Å²) in [6, 6.07) is 3.46. The molecule has 18 atom stereocenters. The molecule has 0 saturated carbocycles. The minimum absolute atomic E-state index is 0.0520. The number of rotatable bonds is 14. The Labute approximate surface area is 668 Å². The van der Waals surface area contributed by atoms with Crippen LogP contribution in [0.2, 0.25) is 10.0 Å². The van der Waals surface area contributed by atoms with Gasteiger partial charge in [-0.25, -0.2) is 14.4 Å². The highest BCUT2D eigenvalue weighted by atomic mass is 35.5. The topological polar surface area (TPSA) is 536 Å². The number of benzene rings is 5. The third-order valence-electron chi connectivity index (χ3n) is 19.9. The third-order valence-corrected chi connectivity index (χ3v) is 20.5. The summed E-state index contributed by atoms with van der Waals surface area (Å²) < 4.78 is 49.7. The first-order valence-corrected chi connectivity index (χ1v) is 37.4. The number of nitrogens with zero attached hydrogens (tertiary/aromatic N) is 1. The number of aliphatic hydroxyl groups excluding tert-OH is 6. The molecule has 7 aliphatic rings. The number of likely N-dealkylation sites (N-methyl/N-ethyl adjacent to an activating group) is 1. The van der Waals surface area contributed by atoms with Crippen molar-refractivity contribution in [1.29, 1.82) is 0 Å². The summed E-state index contributed by atoms with van der Waals surface area (Å²) in [4.78, 5) is 150. The number of primary amides is 1. The molecule has 12 rings (SSSR count). The van der Waals surface area contributed by atoms with Gasteiger partial charge in [-0.3, -0.25) is 38.5 Å². The van der Waals surface area contributed by atoms with Gasteiger partial charge in [0.25, 0.3) is 0 Å². The van der Waals surface area contributed by atoms with E-state index in [0.29, 0.717) is 0 Å². The first-order valence-electron chi connectivity index (χ1n) is 36.6. The van der Waals surface area contributed by atoms with Gasteiger partial charge in [-0.2, -0.15) is 0 Å². The van der Waals surface area contributed by atoms with Crippen molar-refractivity contribution in [2.45, 2.75) is 216 Å². The summed E-state index contributed by atoms with van der Waals surface area (Å²) in [5.74, 6) is -20.1. The lowest BCUT2D eigenvalue weighted by molar-refractivity contribution is -0.277. The smallest absolute Gasteiger partial charge is 0.410 e. The molecule has 9 unspecified atom stereocenters. The normalized spacial score (nSPS) is 27.6. The number of aromatic hydroxyl groups is 3. The molecule has 17 N–H and O–H groups in total. The molecular weight excluding hydrogens is 1550 g/mol. The zero-order valence-corrected chi connectivity index (χ0v) is 65.8. The lowest BCUT2D eigenvalue weighted by Gasteiger charge is -2.46. The van der Waals surface area contributed by atoms with E-state index in [9.17, 15) is 75.0 Å². The van der Waals surface area contributed by atoms with Crippen LogP contribution in [0.15, 0.2) is 78.9 Å². The fraction of sp³-hybridized carbons (Fsp3) is 0.487. The van der Waals surface area contributed by atoms with Crippen molar-refractivity contribution in [3.05, 3.63) is 117 Å². The van der Waals surface area contributed by atoms with Crippen molar-refractivity contribution in [3.8, 4) is 57.1 Å². The Bertz CT molecular complexity index is 4610. The lowest BCUT2D eigenvalue weighted by atomic mass is 9.84. The Hall–Kier alpha value is -10.2. The van der Waals surface area contributed by atoms with Crippen molar-refractivity contribution in [1.82, 2.24) is 31.5 Å². The number of hydrogen-bond acceptors (Lipinski definition) is 27. The number of nitrogens with one attached hydrogen (secondary N) is 5. The maximum absolute atomic E-state index is 16.5. The van der Waals surface area contributed by atoms with E-state index in [1.54, 1.807) is 55.4 Å². The van der Waals surface area contributed by atoms with Gasteiger partial charge in [0.1, 0.15) is 107 Å². The number of carbonyl (C=O) groups excluding carboxylic acids is 9. The number of carboxylic acid groups (broad SMARTS) is 1. The van der Waals surface area contributed by atoms with Crippen molar-refractivity contribution >= 4 is 82.5 Å². The molecule has 115 heavy (non-hydrogen) atoms. The van der Waals surface area contributed by atoms with E-state index < -0.39 is 284 Å². The first-order chi connectivity index (χ1) is 53.7. The van der Waals surface area contributed by atoms with Gasteiger partial charge >= 0.3 is 18.2 Å². The zero-order chi connectivity index (χ0) is 84.7. The molecule has 5 aromatic carbocycles. The molecule has 2 saturated heterocycles. The quantitative estimate of drug-likeness (QED) is 0.0671. The highest BCUT2D eigenvalue weighted by Crippen LogP contribution is 2.51. The molecular formula is C78H93Cl2N7O28. The van der Waals surface area contributed by atoms with Crippen LogP contribution in [0.1, 0.15) is 159 Å². The Morgan fingerprint density at radius 3 is 1.92 bits per heavy atom. The molecule has 0 aliphatic carbocycles. The van der Waals surface area contributed by atoms with E-state index in [2.05, 4.69) is 26.6 Å². The van der Waals surface area contributed by atoms with Gasteiger partial charge in [0.05, 0.1) is 40.1 Å². The van der Waals surface area contributed by atoms with Crippen molar-refractivity contribution < 1.29 is 137 Å². The van der Waals surface area contributed by atoms with Gasteiger partial charge in [0.15, 0.2) is 35.4 Å². The second-order valence-electron chi connectivity index (χ2n) is 31.6. The van der Waals surface area contributed by atoms with Crippen molar-refractivity contribution in [3.63, 3.8) is 0 Å². The van der Waals surface area contributed by atoms with Crippen LogP contribution in [0.3, 0.4) is 0 Å². The predicted octanol–water partition coefficient (Wildman–Crippen LogP) is 5.30. The number of halogens is 2. The molecule has 0 radical (unpaired) electrons. The van der Waals surface area contributed by atoms with E-state index >= 15 is 24.0 Å². The number of alkyl carbamates (subject to hydrolysis) is 1. The van der Waals surface area contributed by atoms with Gasteiger partial charge in [0.2, 0.25) is 41.6 Å². The Morgan fingerprint density at radius 2 is 1.33 bits per heavy atom. The zero-order valence-electron chi connectivity index (χ0n) is 64.2. The van der Waals surface area contributed by atoms with Crippen LogP contribution in [0, 0.1) is 11.8 Å². The van der Waals surface area contributed by atoms with Crippen LogP contribution in [0.25, 0.3) is 11.1 Å². The number of aliphatic carboxylic acids is 1. The average molecular weight is 1650 g/mol. The first kappa shape index (κ1) is 87.2. The van der Waals surface area contributed by atoms with Crippen LogP contribution in [-0.2, 0) is 62.0 Å². The van der Waals surface area contributed by atoms with E-state index in [-0.39, 0.29) is 34.8 Å². The van der Waals surface area contributed by atoms with Crippen LogP contribution in [0.4, 0.5) is 9.59 Å². The summed E-state index contributed by atoms with van der Waals surface area (Å²) in [7, 11) is 1.27. The number of ether oxygens (including phenoxy) is 8. The standard InChI is InChI=1S/C78H93Cl2N7O28/c1-31(2)18-44(87(11)75(107)115-77(7,8)9)70(102)84-59-47(92)22-37(25-54(81)94)68(100)82-57-36-23-51(109-49-16-13-34(61(59)95)20-42(49)79)66(113-73-64(98)63(97)62(96)53(30-88)111-73)52(24-36)110-50-17-14-35(21-43(50)80)65(112-55-29-78(10,67(99)32(3)108-55)86-74(106)114-76(4,5)6)60-71(103)83-58(72(104)105)41-26-38(89)27-46(91)56(41)40-19-33(12-15-45(40)90)39(28-48(57)93)69(101)85-60/h12-17,19-21,23-24,26-27,31-32,37,39,44,53,55,57-65,67,73,88-91,95-99H,18,22,25,28-30H2,1-11H3,(H2,81,94)(H,82,100)(H,83,103)(H,84,102)(H,85,101)(H,86,106)(H,104,105)/t32?,37-,39+,44+,53?,55?,57+,58-,59-,60-,61+,62?,63?,64?,65+,67?,73?,78?/m0/s1. The van der Waals surface area contributed by atoms with E-state index in [1.165, 1.54) is 33.0 Å². The number of phenols is 3. The van der Waals surface area contributed by atoms with Crippen LogP contribution < -0.4 is 46.5 Å². The number of amides is 7. The SMILES string of the molecule is CC(C)C[C@H](C(=O)N[C@H]1C(=O)C[C@@H](CC(N)=O)C(=O)N[C@H]2C(=O)C[C@H]3C(=O)N[C@H](C(=O)N[C@H](C(=O)O)c4cc(O)cc(O)c4-c4cc3ccc4O)[C@H](OC3CC(C)(NC(=O)OC(C)(C)C)C(O)C(C)O3)c3ccc(c(Cl)c3)Oc3cc2cc(c3OC2OC(CO)C(O)C(O)C2O)Oc2ccc(cc2Cl)[C@H]1O)N(C)C(=O)OC(C)(C)C. The molecule has 7 aliphatic heterocycles. The van der Waals surface area contributed by atoms with Gasteiger partial charge in [-0.05, 0) is 145 Å². The van der Waals surface area contributed by atoms with Crippen LogP contribution >= 0.6 is 23.2 Å².